The Morgan fingerprint density at radius 2 is 2.00 bits per heavy atom. The third-order valence-corrected chi connectivity index (χ3v) is 5.40. The molecule has 21 heavy (non-hydrogen) atoms. The highest BCUT2D eigenvalue weighted by Gasteiger charge is 2.23. The van der Waals surface area contributed by atoms with Gasteiger partial charge in [-0.15, -0.1) is 0 Å². The molecule has 0 heterocycles. The predicted octanol–water partition coefficient (Wildman–Crippen LogP) is 1.76. The number of nitrogens with one attached hydrogen (secondary N) is 1. The summed E-state index contributed by atoms with van der Waals surface area (Å²) in [7, 11) is -0.342. The van der Waals surface area contributed by atoms with E-state index in [0.717, 1.165) is 11.1 Å². The molecule has 1 aromatic rings. The Bertz CT molecular complexity index is 556. The van der Waals surface area contributed by atoms with E-state index in [0.29, 0.717) is 30.6 Å². The van der Waals surface area contributed by atoms with Crippen molar-refractivity contribution in [3.63, 3.8) is 0 Å². The third kappa shape index (κ3) is 4.78. The van der Waals surface area contributed by atoms with Gasteiger partial charge in [0.05, 0.1) is 11.5 Å². The Labute approximate surface area is 128 Å². The van der Waals surface area contributed by atoms with Gasteiger partial charge in [-0.2, -0.15) is 4.31 Å². The largest absolute Gasteiger partial charge is 0.383 e. The highest BCUT2D eigenvalue weighted by atomic mass is 32.2. The van der Waals surface area contributed by atoms with Gasteiger partial charge in [0, 0.05) is 33.3 Å². The van der Waals surface area contributed by atoms with Gasteiger partial charge >= 0.3 is 0 Å². The van der Waals surface area contributed by atoms with Crippen LogP contribution in [0.1, 0.15) is 25.0 Å². The molecule has 120 valence electrons. The van der Waals surface area contributed by atoms with Crippen molar-refractivity contribution in [2.75, 3.05) is 27.3 Å². The number of rotatable bonds is 8. The highest BCUT2D eigenvalue weighted by Crippen LogP contribution is 2.22. The summed E-state index contributed by atoms with van der Waals surface area (Å²) in [6.45, 7) is 7.36. The van der Waals surface area contributed by atoms with Crippen molar-refractivity contribution in [1.82, 2.24) is 9.62 Å². The number of sulfonamides is 1. The Hall–Kier alpha value is -0.950. The molecule has 0 amide bonds. The first-order valence-corrected chi connectivity index (χ1v) is 8.51. The topological polar surface area (TPSA) is 58.6 Å². The van der Waals surface area contributed by atoms with E-state index in [-0.39, 0.29) is 0 Å². The summed E-state index contributed by atoms with van der Waals surface area (Å²) in [5.41, 5.74) is 1.81. The summed E-state index contributed by atoms with van der Waals surface area (Å²) < 4.78 is 31.5. The number of methoxy groups -OCH3 is 1. The van der Waals surface area contributed by atoms with Gasteiger partial charge in [0.1, 0.15) is 0 Å². The van der Waals surface area contributed by atoms with E-state index in [2.05, 4.69) is 19.2 Å². The number of hydrogen-bond donors (Lipinski definition) is 1. The van der Waals surface area contributed by atoms with E-state index < -0.39 is 10.0 Å². The summed E-state index contributed by atoms with van der Waals surface area (Å²) in [4.78, 5) is 0.365. The molecule has 0 bridgehead atoms. The van der Waals surface area contributed by atoms with Crippen molar-refractivity contribution < 1.29 is 13.2 Å². The highest BCUT2D eigenvalue weighted by molar-refractivity contribution is 7.89. The number of benzene rings is 1. The fourth-order valence-corrected chi connectivity index (χ4v) is 3.37. The van der Waals surface area contributed by atoms with E-state index in [4.69, 9.17) is 4.74 Å². The van der Waals surface area contributed by atoms with Crippen LogP contribution < -0.4 is 5.32 Å². The lowest BCUT2D eigenvalue weighted by Crippen LogP contribution is -2.31. The minimum absolute atomic E-state index is 0.340. The Kier molecular flexibility index (Phi) is 6.80. The van der Waals surface area contributed by atoms with Crippen molar-refractivity contribution >= 4 is 10.0 Å². The molecule has 0 fully saturated rings. The zero-order chi connectivity index (χ0) is 16.0. The van der Waals surface area contributed by atoms with E-state index in [1.165, 1.54) is 4.31 Å². The fraction of sp³-hybridized carbons (Fsp3) is 0.600. The molecule has 0 radical (unpaired) electrons. The van der Waals surface area contributed by atoms with Crippen LogP contribution in [0.3, 0.4) is 0 Å². The molecule has 0 aliphatic carbocycles. The summed E-state index contributed by atoms with van der Waals surface area (Å²) in [6, 6.07) is 5.77. The van der Waals surface area contributed by atoms with Crippen molar-refractivity contribution in [1.29, 1.82) is 0 Å². The smallest absolute Gasteiger partial charge is 0.243 e. The maximum absolute atomic E-state index is 12.6. The second kappa shape index (κ2) is 7.89. The lowest BCUT2D eigenvalue weighted by atomic mass is 10.1. The average molecular weight is 314 g/mol. The lowest BCUT2D eigenvalue weighted by Gasteiger charge is -2.20. The second-order valence-corrected chi connectivity index (χ2v) is 7.41. The normalized spacial score (nSPS) is 12.3. The number of nitrogens with zero attached hydrogens (tertiary/aromatic N) is 1. The predicted molar refractivity (Wildman–Crippen MR) is 84.8 cm³/mol. The molecule has 0 aliphatic heterocycles. The molecule has 6 heteroatoms. The summed E-state index contributed by atoms with van der Waals surface area (Å²) in [5.74, 6) is 0. The molecule has 0 spiro atoms. The van der Waals surface area contributed by atoms with Gasteiger partial charge in [-0.1, -0.05) is 26.0 Å². The zero-order valence-corrected chi connectivity index (χ0v) is 14.3. The van der Waals surface area contributed by atoms with E-state index >= 15 is 0 Å². The van der Waals surface area contributed by atoms with E-state index in [1.807, 2.05) is 13.0 Å². The molecule has 1 rings (SSSR count). The SMILES string of the molecule is COCCN(C)S(=O)(=O)c1cccc(CNC(C)C)c1C. The second-order valence-electron chi connectivity index (χ2n) is 5.40. The van der Waals surface area contributed by atoms with Crippen LogP contribution in [-0.2, 0) is 21.3 Å². The first kappa shape index (κ1) is 18.1. The van der Waals surface area contributed by atoms with Crippen LogP contribution >= 0.6 is 0 Å². The van der Waals surface area contributed by atoms with Gasteiger partial charge in [0.15, 0.2) is 0 Å². The maximum Gasteiger partial charge on any atom is 0.243 e. The van der Waals surface area contributed by atoms with E-state index in [9.17, 15) is 8.42 Å². The molecule has 0 saturated carbocycles. The maximum atomic E-state index is 12.6. The van der Waals surface area contributed by atoms with Gasteiger partial charge in [-0.25, -0.2) is 8.42 Å². The van der Waals surface area contributed by atoms with Crippen LogP contribution in [0, 0.1) is 6.92 Å². The molecular weight excluding hydrogens is 288 g/mol. The summed E-state index contributed by atoms with van der Waals surface area (Å²) in [6.07, 6.45) is 0. The minimum Gasteiger partial charge on any atom is -0.383 e. The Morgan fingerprint density at radius 1 is 1.33 bits per heavy atom. The molecule has 0 atom stereocenters. The standard InChI is InChI=1S/C15H26N2O3S/c1-12(2)16-11-14-7-6-8-15(13(14)3)21(18,19)17(4)9-10-20-5/h6-8,12,16H,9-11H2,1-5H3. The molecule has 5 nitrogen and oxygen atoms in total. The Morgan fingerprint density at radius 3 is 2.57 bits per heavy atom. The summed E-state index contributed by atoms with van der Waals surface area (Å²) in [5, 5.41) is 3.32. The molecule has 0 unspecified atom stereocenters. The first-order valence-electron chi connectivity index (χ1n) is 7.07. The number of likely N-dealkylation sites (N-methyl/N-ethyl adjacent to an activating group) is 1. The van der Waals surface area contributed by atoms with Crippen molar-refractivity contribution in [3.05, 3.63) is 29.3 Å². The van der Waals surface area contributed by atoms with Crippen molar-refractivity contribution in [3.8, 4) is 0 Å². The first-order chi connectivity index (χ1) is 9.80. The van der Waals surface area contributed by atoms with Gasteiger partial charge in [0.25, 0.3) is 0 Å². The number of ether oxygens (including phenoxy) is 1. The molecule has 0 aromatic heterocycles. The van der Waals surface area contributed by atoms with E-state index in [1.54, 1.807) is 26.3 Å². The molecule has 1 aromatic carbocycles. The quantitative estimate of drug-likeness (QED) is 0.794. The van der Waals surface area contributed by atoms with Gasteiger partial charge in [0.2, 0.25) is 10.0 Å². The molecule has 0 aliphatic rings. The number of hydrogen-bond acceptors (Lipinski definition) is 4. The average Bonchev–Trinajstić information content (AvgIpc) is 2.43. The molecule has 0 saturated heterocycles. The van der Waals surface area contributed by atoms with Gasteiger partial charge < -0.3 is 10.1 Å². The zero-order valence-electron chi connectivity index (χ0n) is 13.5. The fourth-order valence-electron chi connectivity index (χ4n) is 1.95. The minimum atomic E-state index is -3.48. The summed E-state index contributed by atoms with van der Waals surface area (Å²) >= 11 is 0. The van der Waals surface area contributed by atoms with Crippen LogP contribution in [0.5, 0.6) is 0 Å². The van der Waals surface area contributed by atoms with Gasteiger partial charge in [-0.3, -0.25) is 0 Å². The van der Waals surface area contributed by atoms with Crippen LogP contribution in [-0.4, -0.2) is 46.1 Å². The third-order valence-electron chi connectivity index (χ3n) is 3.40. The van der Waals surface area contributed by atoms with Crippen LogP contribution in [0.25, 0.3) is 0 Å². The monoisotopic (exact) mass is 314 g/mol. The molecular formula is C15H26N2O3S. The van der Waals surface area contributed by atoms with Crippen LogP contribution in [0.4, 0.5) is 0 Å². The van der Waals surface area contributed by atoms with Gasteiger partial charge in [-0.05, 0) is 24.1 Å². The lowest BCUT2D eigenvalue weighted by molar-refractivity contribution is 0.185. The molecule has 1 N–H and O–H groups in total. The van der Waals surface area contributed by atoms with Crippen LogP contribution in [0.2, 0.25) is 0 Å². The van der Waals surface area contributed by atoms with Crippen molar-refractivity contribution in [2.24, 2.45) is 0 Å². The Balaban J connectivity index is 3.04. The van der Waals surface area contributed by atoms with Crippen LogP contribution in [0.15, 0.2) is 23.1 Å². The van der Waals surface area contributed by atoms with Crippen molar-refractivity contribution in [2.45, 2.75) is 38.3 Å².